The molecule has 114 valence electrons. The fourth-order valence-electron chi connectivity index (χ4n) is 1.80. The molecule has 0 radical (unpaired) electrons. The number of rotatable bonds is 8. The van der Waals surface area contributed by atoms with Crippen molar-refractivity contribution in [2.45, 2.75) is 25.7 Å². The molecule has 1 unspecified atom stereocenters. The zero-order valence-corrected chi connectivity index (χ0v) is 11.8. The fourth-order valence-corrected chi connectivity index (χ4v) is 1.80. The lowest BCUT2D eigenvalue weighted by atomic mass is 10.1. The van der Waals surface area contributed by atoms with E-state index in [0.29, 0.717) is 13.2 Å². The lowest BCUT2D eigenvalue weighted by Crippen LogP contribution is -2.37. The van der Waals surface area contributed by atoms with Crippen molar-refractivity contribution in [3.63, 3.8) is 0 Å². The second-order valence-corrected chi connectivity index (χ2v) is 4.63. The molecule has 1 atom stereocenters. The van der Waals surface area contributed by atoms with E-state index in [0.717, 1.165) is 12.6 Å². The van der Waals surface area contributed by atoms with Gasteiger partial charge >= 0.3 is 6.18 Å². The highest BCUT2D eigenvalue weighted by molar-refractivity contribution is 5.29. The number of nitrogens with one attached hydrogen (secondary N) is 2. The van der Waals surface area contributed by atoms with Crippen molar-refractivity contribution in [1.82, 2.24) is 10.6 Å². The summed E-state index contributed by atoms with van der Waals surface area (Å²) in [5.74, 6) is 0. The second kappa shape index (κ2) is 8.24. The molecule has 0 saturated carbocycles. The van der Waals surface area contributed by atoms with Gasteiger partial charge in [0.15, 0.2) is 0 Å². The molecule has 0 aliphatic carbocycles. The molecule has 0 aromatic heterocycles. The van der Waals surface area contributed by atoms with Crippen molar-refractivity contribution >= 4 is 0 Å². The highest BCUT2D eigenvalue weighted by atomic mass is 19.4. The summed E-state index contributed by atoms with van der Waals surface area (Å²) in [7, 11) is 1.62. The molecule has 3 nitrogen and oxygen atoms in total. The average Bonchev–Trinajstić information content (AvgIpc) is 2.40. The van der Waals surface area contributed by atoms with Gasteiger partial charge in [-0.05, 0) is 18.6 Å². The Morgan fingerprint density at radius 1 is 1.25 bits per heavy atom. The largest absolute Gasteiger partial charge is 0.416 e. The summed E-state index contributed by atoms with van der Waals surface area (Å²) < 4.78 is 43.3. The lowest BCUT2D eigenvalue weighted by molar-refractivity contribution is -0.138. The number of alkyl halides is 3. The molecule has 2 N–H and O–H groups in total. The Morgan fingerprint density at radius 2 is 1.95 bits per heavy atom. The Kier molecular flexibility index (Phi) is 6.98. The van der Waals surface area contributed by atoms with Crippen LogP contribution in [0.2, 0.25) is 0 Å². The number of ether oxygens (including phenoxy) is 1. The summed E-state index contributed by atoms with van der Waals surface area (Å²) in [4.78, 5) is 0. The van der Waals surface area contributed by atoms with E-state index in [1.54, 1.807) is 13.2 Å². The summed E-state index contributed by atoms with van der Waals surface area (Å²) in [6.45, 7) is 4.14. The summed E-state index contributed by atoms with van der Waals surface area (Å²) in [5.41, 5.74) is -0.309. The van der Waals surface area contributed by atoms with Crippen LogP contribution in [0.5, 0.6) is 0 Å². The van der Waals surface area contributed by atoms with Crippen LogP contribution in [0.4, 0.5) is 13.2 Å². The topological polar surface area (TPSA) is 33.3 Å². The maximum atomic E-state index is 12.8. The SMILES string of the molecule is COCCNCC(C)NCc1ccccc1C(F)(F)F. The average molecular weight is 290 g/mol. The summed E-state index contributed by atoms with van der Waals surface area (Å²) >= 11 is 0. The van der Waals surface area contributed by atoms with Gasteiger partial charge in [0.05, 0.1) is 12.2 Å². The number of hydrogen-bond donors (Lipinski definition) is 2. The zero-order valence-electron chi connectivity index (χ0n) is 11.8. The van der Waals surface area contributed by atoms with Crippen molar-refractivity contribution in [1.29, 1.82) is 0 Å². The Morgan fingerprint density at radius 3 is 2.60 bits per heavy atom. The predicted octanol–water partition coefficient (Wildman–Crippen LogP) is 2.42. The van der Waals surface area contributed by atoms with Crippen molar-refractivity contribution in [3.05, 3.63) is 35.4 Å². The van der Waals surface area contributed by atoms with Crippen molar-refractivity contribution in [2.24, 2.45) is 0 Å². The fraction of sp³-hybridized carbons (Fsp3) is 0.571. The molecular formula is C14H21F3N2O. The van der Waals surface area contributed by atoms with Crippen LogP contribution in [-0.2, 0) is 17.5 Å². The van der Waals surface area contributed by atoms with Gasteiger partial charge in [0, 0.05) is 32.8 Å². The smallest absolute Gasteiger partial charge is 0.383 e. The zero-order chi connectivity index (χ0) is 15.0. The van der Waals surface area contributed by atoms with Crippen LogP contribution in [0.15, 0.2) is 24.3 Å². The number of benzene rings is 1. The standard InChI is InChI=1S/C14H21F3N2O/c1-11(9-18-7-8-20-2)19-10-12-5-3-4-6-13(12)14(15,16)17/h3-6,11,18-19H,7-10H2,1-2H3. The first-order valence-corrected chi connectivity index (χ1v) is 6.53. The van der Waals surface area contributed by atoms with E-state index in [9.17, 15) is 13.2 Å². The molecule has 0 amide bonds. The molecule has 0 heterocycles. The first-order chi connectivity index (χ1) is 9.45. The van der Waals surface area contributed by atoms with Gasteiger partial charge in [0.25, 0.3) is 0 Å². The molecule has 0 aliphatic heterocycles. The maximum absolute atomic E-state index is 12.8. The highest BCUT2D eigenvalue weighted by Gasteiger charge is 2.32. The summed E-state index contributed by atoms with van der Waals surface area (Å²) in [5, 5.41) is 6.24. The lowest BCUT2D eigenvalue weighted by Gasteiger charge is -2.17. The molecule has 0 aliphatic rings. The van der Waals surface area contributed by atoms with Gasteiger partial charge in [-0.25, -0.2) is 0 Å². The van der Waals surface area contributed by atoms with Gasteiger partial charge in [-0.3, -0.25) is 0 Å². The van der Waals surface area contributed by atoms with Crippen LogP contribution in [0.3, 0.4) is 0 Å². The Balaban J connectivity index is 2.45. The van der Waals surface area contributed by atoms with Gasteiger partial charge < -0.3 is 15.4 Å². The highest BCUT2D eigenvalue weighted by Crippen LogP contribution is 2.31. The summed E-state index contributed by atoms with van der Waals surface area (Å²) in [6, 6.07) is 5.71. The van der Waals surface area contributed by atoms with Crippen LogP contribution in [-0.4, -0.2) is 32.8 Å². The number of halogens is 3. The van der Waals surface area contributed by atoms with E-state index >= 15 is 0 Å². The van der Waals surface area contributed by atoms with Gasteiger partial charge in [0.2, 0.25) is 0 Å². The van der Waals surface area contributed by atoms with E-state index in [1.807, 2.05) is 6.92 Å². The number of methoxy groups -OCH3 is 1. The third-order valence-corrected chi connectivity index (χ3v) is 2.90. The minimum absolute atomic E-state index is 0.0770. The van der Waals surface area contributed by atoms with E-state index < -0.39 is 11.7 Å². The Hall–Kier alpha value is -1.11. The van der Waals surface area contributed by atoms with Gasteiger partial charge in [-0.15, -0.1) is 0 Å². The summed E-state index contributed by atoms with van der Waals surface area (Å²) in [6.07, 6.45) is -4.31. The van der Waals surface area contributed by atoms with E-state index in [-0.39, 0.29) is 18.2 Å². The monoisotopic (exact) mass is 290 g/mol. The quantitative estimate of drug-likeness (QED) is 0.721. The van der Waals surface area contributed by atoms with Crippen LogP contribution in [0, 0.1) is 0 Å². The van der Waals surface area contributed by atoms with Crippen molar-refractivity contribution in [2.75, 3.05) is 26.8 Å². The molecule has 1 aromatic rings. The predicted molar refractivity (Wildman–Crippen MR) is 72.5 cm³/mol. The van der Waals surface area contributed by atoms with Crippen molar-refractivity contribution in [3.8, 4) is 0 Å². The van der Waals surface area contributed by atoms with Crippen LogP contribution >= 0.6 is 0 Å². The van der Waals surface area contributed by atoms with Gasteiger partial charge in [-0.2, -0.15) is 13.2 Å². The molecular weight excluding hydrogens is 269 g/mol. The van der Waals surface area contributed by atoms with Gasteiger partial charge in [-0.1, -0.05) is 18.2 Å². The van der Waals surface area contributed by atoms with Crippen LogP contribution in [0.1, 0.15) is 18.1 Å². The van der Waals surface area contributed by atoms with Crippen LogP contribution in [0.25, 0.3) is 0 Å². The van der Waals surface area contributed by atoms with E-state index in [2.05, 4.69) is 10.6 Å². The molecule has 0 saturated heterocycles. The number of hydrogen-bond acceptors (Lipinski definition) is 3. The Bertz CT molecular complexity index is 396. The maximum Gasteiger partial charge on any atom is 0.416 e. The van der Waals surface area contributed by atoms with Crippen LogP contribution < -0.4 is 10.6 Å². The van der Waals surface area contributed by atoms with E-state index in [1.165, 1.54) is 12.1 Å². The first-order valence-electron chi connectivity index (χ1n) is 6.53. The minimum Gasteiger partial charge on any atom is -0.383 e. The van der Waals surface area contributed by atoms with Crippen molar-refractivity contribution < 1.29 is 17.9 Å². The minimum atomic E-state index is -4.31. The first kappa shape index (κ1) is 16.9. The molecule has 6 heteroatoms. The van der Waals surface area contributed by atoms with Gasteiger partial charge in [0.1, 0.15) is 0 Å². The molecule has 1 aromatic carbocycles. The second-order valence-electron chi connectivity index (χ2n) is 4.63. The normalized spacial score (nSPS) is 13.4. The Labute approximate surface area is 117 Å². The third kappa shape index (κ3) is 5.90. The molecule has 0 fully saturated rings. The molecule has 1 rings (SSSR count). The third-order valence-electron chi connectivity index (χ3n) is 2.90. The molecule has 0 spiro atoms. The molecule has 20 heavy (non-hydrogen) atoms. The molecule has 0 bridgehead atoms. The van der Waals surface area contributed by atoms with E-state index in [4.69, 9.17) is 4.74 Å².